The van der Waals surface area contributed by atoms with Gasteiger partial charge in [0.15, 0.2) is 0 Å². The SMILES string of the molecule is C/C=C\c1ncnc(Nc2ccc(Oc3cccc(Cl)c3)c(Cl)c2)c1C.CCCNC(=O)C(C)S(C)=O. The summed E-state index contributed by atoms with van der Waals surface area (Å²) in [5.41, 5.74) is 2.64. The Labute approximate surface area is 231 Å². The molecule has 1 aromatic heterocycles. The third kappa shape index (κ3) is 9.80. The second-order valence-electron chi connectivity index (χ2n) is 7.99. The Bertz CT molecular complexity index is 1250. The number of rotatable bonds is 9. The molecule has 2 aromatic carbocycles. The van der Waals surface area contributed by atoms with Crippen LogP contribution in [0.2, 0.25) is 10.0 Å². The van der Waals surface area contributed by atoms with E-state index >= 15 is 0 Å². The number of hydrogen-bond donors (Lipinski definition) is 2. The van der Waals surface area contributed by atoms with Crippen molar-refractivity contribution in [1.82, 2.24) is 15.3 Å². The number of halogens is 2. The first-order chi connectivity index (χ1) is 17.7. The van der Waals surface area contributed by atoms with Gasteiger partial charge in [-0.3, -0.25) is 9.00 Å². The smallest absolute Gasteiger partial charge is 0.235 e. The van der Waals surface area contributed by atoms with Gasteiger partial charge in [0.1, 0.15) is 28.9 Å². The molecule has 1 heterocycles. The highest BCUT2D eigenvalue weighted by Gasteiger charge is 2.14. The van der Waals surface area contributed by atoms with Gasteiger partial charge in [-0.05, 0) is 69.7 Å². The van der Waals surface area contributed by atoms with Crippen LogP contribution in [0.1, 0.15) is 38.4 Å². The van der Waals surface area contributed by atoms with Gasteiger partial charge >= 0.3 is 0 Å². The summed E-state index contributed by atoms with van der Waals surface area (Å²) in [6.45, 7) is 8.23. The Balaban J connectivity index is 0.000000371. The lowest BCUT2D eigenvalue weighted by molar-refractivity contribution is -0.120. The Kier molecular flexibility index (Phi) is 12.6. The van der Waals surface area contributed by atoms with Crippen molar-refractivity contribution >= 4 is 57.5 Å². The van der Waals surface area contributed by atoms with Gasteiger partial charge in [0, 0.05) is 39.9 Å². The first kappa shape index (κ1) is 30.3. The number of amides is 1. The van der Waals surface area contributed by atoms with Crippen molar-refractivity contribution in [2.45, 2.75) is 39.4 Å². The maximum atomic E-state index is 11.0. The molecule has 2 atom stereocenters. The van der Waals surface area contributed by atoms with E-state index in [1.807, 2.05) is 51.1 Å². The molecule has 1 amide bonds. The third-order valence-corrected chi connectivity index (χ3v) is 6.82. The normalized spacial score (nSPS) is 12.3. The summed E-state index contributed by atoms with van der Waals surface area (Å²) in [7, 11) is -1.06. The number of carbonyl (C=O) groups is 1. The molecule has 0 aliphatic rings. The molecule has 0 spiro atoms. The number of nitrogens with zero attached hydrogens (tertiary/aromatic N) is 2. The number of nitrogens with one attached hydrogen (secondary N) is 2. The number of allylic oxidation sites excluding steroid dienone is 1. The molecule has 0 bridgehead atoms. The van der Waals surface area contributed by atoms with Crippen molar-refractivity contribution in [3.05, 3.63) is 76.2 Å². The van der Waals surface area contributed by atoms with Gasteiger partial charge in [0.05, 0.1) is 10.7 Å². The van der Waals surface area contributed by atoms with Crippen LogP contribution in [-0.2, 0) is 15.6 Å². The zero-order chi connectivity index (χ0) is 27.4. The van der Waals surface area contributed by atoms with Gasteiger partial charge in [-0.15, -0.1) is 0 Å². The topological polar surface area (TPSA) is 93.2 Å². The molecule has 2 unspecified atom stereocenters. The largest absolute Gasteiger partial charge is 0.456 e. The predicted molar refractivity (Wildman–Crippen MR) is 155 cm³/mol. The highest BCUT2D eigenvalue weighted by Crippen LogP contribution is 2.33. The minimum Gasteiger partial charge on any atom is -0.456 e. The molecule has 7 nitrogen and oxygen atoms in total. The average Bonchev–Trinajstić information content (AvgIpc) is 2.86. The van der Waals surface area contributed by atoms with Crippen LogP contribution in [0.5, 0.6) is 11.5 Å². The molecule has 0 radical (unpaired) electrons. The second kappa shape index (κ2) is 15.3. The minimum atomic E-state index is -1.06. The van der Waals surface area contributed by atoms with Gasteiger partial charge in [-0.1, -0.05) is 42.3 Å². The third-order valence-electron chi connectivity index (χ3n) is 5.08. The summed E-state index contributed by atoms with van der Waals surface area (Å²) in [6, 6.07) is 12.6. The van der Waals surface area contributed by atoms with Crippen LogP contribution >= 0.6 is 23.2 Å². The van der Waals surface area contributed by atoms with Crippen molar-refractivity contribution in [2.24, 2.45) is 0 Å². The van der Waals surface area contributed by atoms with Crippen molar-refractivity contribution in [1.29, 1.82) is 0 Å². The summed E-state index contributed by atoms with van der Waals surface area (Å²) < 4.78 is 16.6. The van der Waals surface area contributed by atoms with Crippen LogP contribution < -0.4 is 15.4 Å². The number of aromatic nitrogens is 2. The van der Waals surface area contributed by atoms with Crippen LogP contribution in [0.4, 0.5) is 11.5 Å². The maximum absolute atomic E-state index is 11.0. The van der Waals surface area contributed by atoms with Crippen LogP contribution in [-0.4, -0.2) is 38.1 Å². The lowest BCUT2D eigenvalue weighted by atomic mass is 10.2. The van der Waals surface area contributed by atoms with E-state index in [0.717, 1.165) is 29.2 Å². The predicted octanol–water partition coefficient (Wildman–Crippen LogP) is 6.94. The number of anilines is 2. The fourth-order valence-electron chi connectivity index (χ4n) is 2.91. The van der Waals surface area contributed by atoms with Crippen molar-refractivity contribution in [3.8, 4) is 11.5 Å². The molecule has 0 fully saturated rings. The van der Waals surface area contributed by atoms with Gasteiger partial charge < -0.3 is 15.4 Å². The molecule has 3 aromatic rings. The quantitative estimate of drug-likeness (QED) is 0.293. The first-order valence-corrected chi connectivity index (χ1v) is 14.1. The van der Waals surface area contributed by atoms with E-state index in [4.69, 9.17) is 27.9 Å². The van der Waals surface area contributed by atoms with Crippen LogP contribution in [0, 0.1) is 6.92 Å². The van der Waals surface area contributed by atoms with E-state index in [-0.39, 0.29) is 11.2 Å². The van der Waals surface area contributed by atoms with Crippen molar-refractivity contribution in [3.63, 3.8) is 0 Å². The van der Waals surface area contributed by atoms with Gasteiger partial charge in [-0.2, -0.15) is 0 Å². The summed E-state index contributed by atoms with van der Waals surface area (Å²) in [4.78, 5) is 19.6. The lowest BCUT2D eigenvalue weighted by Gasteiger charge is -2.12. The van der Waals surface area contributed by atoms with Gasteiger partial charge in [0.25, 0.3) is 0 Å². The van der Waals surface area contributed by atoms with Gasteiger partial charge in [0.2, 0.25) is 5.91 Å². The summed E-state index contributed by atoms with van der Waals surface area (Å²) >= 11 is 12.3. The molecule has 0 saturated heterocycles. The van der Waals surface area contributed by atoms with E-state index in [1.165, 1.54) is 12.6 Å². The summed E-state index contributed by atoms with van der Waals surface area (Å²) in [5, 5.41) is 6.65. The fraction of sp³-hybridized carbons (Fsp3) is 0.296. The van der Waals surface area contributed by atoms with E-state index in [1.54, 1.807) is 31.2 Å². The maximum Gasteiger partial charge on any atom is 0.235 e. The molecule has 10 heteroatoms. The fourth-order valence-corrected chi connectivity index (χ4v) is 3.70. The second-order valence-corrected chi connectivity index (χ2v) is 10.5. The molecule has 0 saturated carbocycles. The van der Waals surface area contributed by atoms with E-state index in [0.29, 0.717) is 28.1 Å². The number of ether oxygens (including phenoxy) is 1. The molecular formula is C27H32Cl2N4O3S. The standard InChI is InChI=1S/C20H17Cl2N3O.C7H15NO2S/c1-3-5-18-13(2)20(24-12-23-18)25-15-8-9-19(17(22)11-15)26-16-7-4-6-14(21)10-16;1-4-5-8-7(9)6(2)11(3)10/h3-12H,1-2H3,(H,23,24,25);6H,4-5H2,1-3H3,(H,8,9)/b5-3-;. The molecule has 0 aliphatic carbocycles. The molecule has 0 aliphatic heterocycles. The molecular weight excluding hydrogens is 531 g/mol. The molecule has 198 valence electrons. The minimum absolute atomic E-state index is 0.118. The van der Waals surface area contributed by atoms with E-state index in [2.05, 4.69) is 20.6 Å². The van der Waals surface area contributed by atoms with Crippen molar-refractivity contribution < 1.29 is 13.7 Å². The number of carbonyl (C=O) groups excluding carboxylic acids is 1. The average molecular weight is 564 g/mol. The van der Waals surface area contributed by atoms with Crippen LogP contribution in [0.3, 0.4) is 0 Å². The number of benzene rings is 2. The Morgan fingerprint density at radius 3 is 2.57 bits per heavy atom. The zero-order valence-corrected chi connectivity index (χ0v) is 23.9. The summed E-state index contributed by atoms with van der Waals surface area (Å²) in [6.07, 6.45) is 7.86. The number of hydrogen-bond acceptors (Lipinski definition) is 6. The van der Waals surface area contributed by atoms with Crippen LogP contribution in [0.15, 0.2) is 54.9 Å². The highest BCUT2D eigenvalue weighted by molar-refractivity contribution is 7.85. The van der Waals surface area contributed by atoms with Gasteiger partial charge in [-0.25, -0.2) is 9.97 Å². The first-order valence-electron chi connectivity index (χ1n) is 11.7. The molecule has 3 rings (SSSR count). The van der Waals surface area contributed by atoms with Crippen LogP contribution in [0.25, 0.3) is 6.08 Å². The molecule has 2 N–H and O–H groups in total. The Morgan fingerprint density at radius 1 is 1.19 bits per heavy atom. The Morgan fingerprint density at radius 2 is 1.95 bits per heavy atom. The lowest BCUT2D eigenvalue weighted by Crippen LogP contribution is -2.35. The highest BCUT2D eigenvalue weighted by atomic mass is 35.5. The van der Waals surface area contributed by atoms with E-state index < -0.39 is 10.8 Å². The summed E-state index contributed by atoms with van der Waals surface area (Å²) in [5.74, 6) is 1.79. The monoisotopic (exact) mass is 562 g/mol. The Hall–Kier alpha value is -2.94. The zero-order valence-electron chi connectivity index (χ0n) is 21.5. The van der Waals surface area contributed by atoms with Crippen molar-refractivity contribution in [2.75, 3.05) is 18.1 Å². The van der Waals surface area contributed by atoms with E-state index in [9.17, 15) is 9.00 Å². The molecule has 37 heavy (non-hydrogen) atoms.